The third kappa shape index (κ3) is 1.46. The maximum atomic E-state index is 12.5. The van der Waals surface area contributed by atoms with Crippen LogP contribution in [-0.2, 0) is 0 Å². The van der Waals surface area contributed by atoms with Gasteiger partial charge in [0, 0.05) is 0 Å². The lowest BCUT2D eigenvalue weighted by atomic mass is 10.3. The van der Waals surface area contributed by atoms with E-state index in [-0.39, 0.29) is 4.90 Å². The van der Waals surface area contributed by atoms with Crippen LogP contribution in [0.2, 0.25) is 0 Å². The molecule has 0 bridgehead atoms. The second-order valence-electron chi connectivity index (χ2n) is 1.69. The van der Waals surface area contributed by atoms with Crippen molar-refractivity contribution >= 4 is 11.9 Å². The van der Waals surface area contributed by atoms with Gasteiger partial charge in [-0.2, -0.15) is 0 Å². The molecule has 0 spiro atoms. The summed E-state index contributed by atoms with van der Waals surface area (Å²) in [6.07, 6.45) is 0. The Morgan fingerprint density at radius 2 is 2.00 bits per heavy atom. The van der Waals surface area contributed by atoms with E-state index in [1.165, 1.54) is 0 Å². The van der Waals surface area contributed by atoms with Crippen LogP contribution in [0.3, 0.4) is 0 Å². The topological polar surface area (TPSA) is 26.0 Å². The molecule has 2 N–H and O–H groups in total. The Balaban J connectivity index is 3.09. The SMILES string of the molecule is NSc1cc(F)ccc1F. The molecule has 1 aromatic carbocycles. The molecule has 0 saturated carbocycles. The molecule has 4 heteroatoms. The fourth-order valence-electron chi connectivity index (χ4n) is 0.568. The van der Waals surface area contributed by atoms with E-state index >= 15 is 0 Å². The molecular weight excluding hydrogens is 156 g/mol. The smallest absolute Gasteiger partial charge is 0.138 e. The van der Waals surface area contributed by atoms with E-state index in [1.807, 2.05) is 0 Å². The number of benzene rings is 1. The zero-order chi connectivity index (χ0) is 7.56. The van der Waals surface area contributed by atoms with Gasteiger partial charge in [0.15, 0.2) is 0 Å². The first-order valence-corrected chi connectivity index (χ1v) is 3.44. The van der Waals surface area contributed by atoms with Crippen molar-refractivity contribution in [3.63, 3.8) is 0 Å². The summed E-state index contributed by atoms with van der Waals surface area (Å²) in [5.41, 5.74) is 0. The largest absolute Gasteiger partial charge is 0.274 e. The highest BCUT2D eigenvalue weighted by atomic mass is 32.2. The van der Waals surface area contributed by atoms with Crippen molar-refractivity contribution in [2.75, 3.05) is 0 Å². The summed E-state index contributed by atoms with van der Waals surface area (Å²) < 4.78 is 24.8. The third-order valence-corrected chi connectivity index (χ3v) is 1.59. The molecule has 0 saturated heterocycles. The Kier molecular flexibility index (Phi) is 2.24. The first-order chi connectivity index (χ1) is 4.74. The normalized spacial score (nSPS) is 9.90. The van der Waals surface area contributed by atoms with Crippen LogP contribution in [-0.4, -0.2) is 0 Å². The van der Waals surface area contributed by atoms with Gasteiger partial charge in [-0.15, -0.1) is 0 Å². The zero-order valence-corrected chi connectivity index (χ0v) is 5.79. The Morgan fingerprint density at radius 3 is 2.50 bits per heavy atom. The monoisotopic (exact) mass is 161 g/mol. The fraction of sp³-hybridized carbons (Fsp3) is 0. The molecule has 1 nitrogen and oxygen atoms in total. The number of hydrogen-bond donors (Lipinski definition) is 1. The lowest BCUT2D eigenvalue weighted by molar-refractivity contribution is 0.577. The second-order valence-corrected chi connectivity index (χ2v) is 2.37. The summed E-state index contributed by atoms with van der Waals surface area (Å²) in [7, 11) is 0. The summed E-state index contributed by atoms with van der Waals surface area (Å²) in [5, 5.41) is 5.03. The van der Waals surface area contributed by atoms with Crippen LogP contribution >= 0.6 is 11.9 Å². The Bertz CT molecular complexity index is 239. The third-order valence-electron chi connectivity index (χ3n) is 1.02. The molecular formula is C6H5F2NS. The quantitative estimate of drug-likeness (QED) is 0.637. The number of rotatable bonds is 1. The lowest BCUT2D eigenvalue weighted by Gasteiger charge is -1.96. The minimum absolute atomic E-state index is 0.125. The highest BCUT2D eigenvalue weighted by molar-refractivity contribution is 7.97. The highest BCUT2D eigenvalue weighted by Gasteiger charge is 2.00. The van der Waals surface area contributed by atoms with Crippen molar-refractivity contribution in [2.24, 2.45) is 5.14 Å². The molecule has 54 valence electrons. The van der Waals surface area contributed by atoms with Crippen molar-refractivity contribution < 1.29 is 8.78 Å². The number of nitrogens with two attached hydrogens (primary N) is 1. The van der Waals surface area contributed by atoms with Crippen LogP contribution in [0.1, 0.15) is 0 Å². The van der Waals surface area contributed by atoms with Gasteiger partial charge in [0.2, 0.25) is 0 Å². The average Bonchev–Trinajstić information content (AvgIpc) is 1.94. The summed E-state index contributed by atoms with van der Waals surface area (Å²) in [6, 6.07) is 3.15. The minimum atomic E-state index is -0.492. The predicted molar refractivity (Wildman–Crippen MR) is 36.4 cm³/mol. The van der Waals surface area contributed by atoms with Gasteiger partial charge in [0.05, 0.1) is 4.90 Å². The van der Waals surface area contributed by atoms with Crippen LogP contribution < -0.4 is 5.14 Å². The summed E-state index contributed by atoms with van der Waals surface area (Å²) in [6.45, 7) is 0. The van der Waals surface area contributed by atoms with E-state index in [4.69, 9.17) is 5.14 Å². The molecule has 0 aliphatic carbocycles. The van der Waals surface area contributed by atoms with Gasteiger partial charge >= 0.3 is 0 Å². The van der Waals surface area contributed by atoms with Crippen LogP contribution in [0.15, 0.2) is 23.1 Å². The van der Waals surface area contributed by atoms with Crippen LogP contribution in [0.5, 0.6) is 0 Å². The fourth-order valence-corrected chi connectivity index (χ4v) is 0.929. The van der Waals surface area contributed by atoms with Crippen LogP contribution in [0.4, 0.5) is 8.78 Å². The second kappa shape index (κ2) is 2.98. The standard InChI is InChI=1S/C6H5F2NS/c7-4-1-2-5(8)6(3-4)10-9/h1-3H,9H2. The summed E-state index contributed by atoms with van der Waals surface area (Å²) in [4.78, 5) is 0.125. The van der Waals surface area contributed by atoms with Crippen molar-refractivity contribution in [3.8, 4) is 0 Å². The lowest BCUT2D eigenvalue weighted by Crippen LogP contribution is -1.86. The molecule has 1 aromatic rings. The van der Waals surface area contributed by atoms with E-state index in [0.717, 1.165) is 18.2 Å². The zero-order valence-electron chi connectivity index (χ0n) is 4.97. The summed E-state index contributed by atoms with van der Waals surface area (Å²) >= 11 is 0.695. The maximum Gasteiger partial charge on any atom is 0.138 e. The first-order valence-electron chi connectivity index (χ1n) is 2.56. The summed E-state index contributed by atoms with van der Waals surface area (Å²) in [5.74, 6) is -0.969. The van der Waals surface area contributed by atoms with Crippen LogP contribution in [0.25, 0.3) is 0 Å². The first kappa shape index (κ1) is 7.50. The van der Waals surface area contributed by atoms with Gasteiger partial charge in [-0.1, -0.05) is 0 Å². The molecule has 0 heterocycles. The van der Waals surface area contributed by atoms with E-state index in [0.29, 0.717) is 11.9 Å². The average molecular weight is 161 g/mol. The molecule has 0 fully saturated rings. The van der Waals surface area contributed by atoms with Crippen molar-refractivity contribution in [3.05, 3.63) is 29.8 Å². The molecule has 10 heavy (non-hydrogen) atoms. The van der Waals surface area contributed by atoms with Gasteiger partial charge in [-0.05, 0) is 30.1 Å². The van der Waals surface area contributed by atoms with Gasteiger partial charge in [0.25, 0.3) is 0 Å². The van der Waals surface area contributed by atoms with Crippen molar-refractivity contribution in [1.82, 2.24) is 0 Å². The molecule has 0 atom stereocenters. The van der Waals surface area contributed by atoms with E-state index in [1.54, 1.807) is 0 Å². The maximum absolute atomic E-state index is 12.5. The Morgan fingerprint density at radius 1 is 1.30 bits per heavy atom. The number of halogens is 2. The van der Waals surface area contributed by atoms with Gasteiger partial charge in [0.1, 0.15) is 11.6 Å². The van der Waals surface area contributed by atoms with Gasteiger partial charge < -0.3 is 0 Å². The van der Waals surface area contributed by atoms with E-state index < -0.39 is 11.6 Å². The highest BCUT2D eigenvalue weighted by Crippen LogP contribution is 2.17. The van der Waals surface area contributed by atoms with Crippen molar-refractivity contribution in [2.45, 2.75) is 4.90 Å². The van der Waals surface area contributed by atoms with Crippen LogP contribution in [0, 0.1) is 11.6 Å². The molecule has 0 aliphatic rings. The number of hydrogen-bond acceptors (Lipinski definition) is 2. The predicted octanol–water partition coefficient (Wildman–Crippen LogP) is 1.93. The Hall–Kier alpha value is -0.610. The minimum Gasteiger partial charge on any atom is -0.274 e. The van der Waals surface area contributed by atoms with E-state index in [2.05, 4.69) is 0 Å². The molecule has 0 radical (unpaired) electrons. The molecule has 0 unspecified atom stereocenters. The van der Waals surface area contributed by atoms with Gasteiger partial charge in [-0.3, -0.25) is 5.14 Å². The Labute approximate surface area is 61.4 Å². The van der Waals surface area contributed by atoms with E-state index in [9.17, 15) is 8.78 Å². The molecule has 0 aliphatic heterocycles. The molecule has 1 rings (SSSR count). The molecule has 0 amide bonds. The van der Waals surface area contributed by atoms with Gasteiger partial charge in [-0.25, -0.2) is 8.78 Å². The van der Waals surface area contributed by atoms with Crippen molar-refractivity contribution in [1.29, 1.82) is 0 Å². The molecule has 0 aromatic heterocycles.